The lowest BCUT2D eigenvalue weighted by molar-refractivity contribution is 0.297. The first-order chi connectivity index (χ1) is 5.83. The van der Waals surface area contributed by atoms with Gasteiger partial charge in [0.25, 0.3) is 0 Å². The molecule has 0 unspecified atom stereocenters. The molecule has 0 aliphatic carbocycles. The first kappa shape index (κ1) is 9.69. The molecule has 0 aromatic heterocycles. The zero-order valence-corrected chi connectivity index (χ0v) is 7.98. The molecule has 0 saturated carbocycles. The van der Waals surface area contributed by atoms with Gasteiger partial charge in [0.05, 0.1) is 6.07 Å². The van der Waals surface area contributed by atoms with E-state index in [0.717, 1.165) is 37.6 Å². The number of hydrogen-bond donors (Lipinski definition) is 0. The van der Waals surface area contributed by atoms with Gasteiger partial charge in [-0.25, -0.2) is 0 Å². The second kappa shape index (κ2) is 5.28. The fraction of sp³-hybridized carbons (Fsp3) is 0.875. The van der Waals surface area contributed by atoms with Crippen LogP contribution in [0.4, 0.5) is 0 Å². The van der Waals surface area contributed by atoms with Crippen molar-refractivity contribution in [1.29, 1.82) is 5.26 Å². The van der Waals surface area contributed by atoms with Crippen molar-refractivity contribution >= 4 is 10.8 Å². The predicted molar refractivity (Wildman–Crippen MR) is 49.2 cm³/mol. The lowest BCUT2D eigenvalue weighted by atomic mass is 10.3. The summed E-state index contributed by atoms with van der Waals surface area (Å²) in [5, 5.41) is 8.32. The average molecular weight is 186 g/mol. The van der Waals surface area contributed by atoms with Crippen LogP contribution in [0.2, 0.25) is 0 Å². The molecule has 0 bridgehead atoms. The van der Waals surface area contributed by atoms with Gasteiger partial charge in [-0.2, -0.15) is 5.26 Å². The molecule has 0 amide bonds. The van der Waals surface area contributed by atoms with Gasteiger partial charge in [0.1, 0.15) is 0 Å². The van der Waals surface area contributed by atoms with Crippen molar-refractivity contribution in [2.45, 2.75) is 12.8 Å². The normalized spacial score (nSPS) is 20.6. The Morgan fingerprint density at radius 1 is 1.42 bits per heavy atom. The Balaban J connectivity index is 2.10. The average Bonchev–Trinajstić information content (AvgIpc) is 2.09. The maximum Gasteiger partial charge on any atom is 0.0622 e. The van der Waals surface area contributed by atoms with Crippen LogP contribution in [0.5, 0.6) is 0 Å². The maximum absolute atomic E-state index is 11.0. The van der Waals surface area contributed by atoms with Crippen molar-refractivity contribution in [1.82, 2.24) is 4.90 Å². The monoisotopic (exact) mass is 186 g/mol. The maximum atomic E-state index is 11.0. The molecule has 4 heteroatoms. The predicted octanol–water partition coefficient (Wildman–Crippen LogP) is 0.354. The lowest BCUT2D eigenvalue weighted by Crippen LogP contribution is -2.38. The molecule has 3 nitrogen and oxygen atoms in total. The quantitative estimate of drug-likeness (QED) is 0.598. The van der Waals surface area contributed by atoms with Crippen molar-refractivity contribution in [3.63, 3.8) is 0 Å². The standard InChI is InChI=1S/C8H14N2OS/c9-3-1-2-4-10-5-7-12(11)8-6-10/h1-2,4-8H2. The third-order valence-corrected chi connectivity index (χ3v) is 3.31. The van der Waals surface area contributed by atoms with E-state index in [4.69, 9.17) is 5.26 Å². The molecule has 0 atom stereocenters. The zero-order valence-electron chi connectivity index (χ0n) is 7.16. The van der Waals surface area contributed by atoms with Crippen LogP contribution in [-0.2, 0) is 10.8 Å². The van der Waals surface area contributed by atoms with Gasteiger partial charge in [0.15, 0.2) is 0 Å². The van der Waals surface area contributed by atoms with Crippen LogP contribution in [0.25, 0.3) is 0 Å². The third-order valence-electron chi connectivity index (χ3n) is 2.03. The highest BCUT2D eigenvalue weighted by atomic mass is 32.2. The molecule has 1 saturated heterocycles. The van der Waals surface area contributed by atoms with Crippen LogP contribution in [0.15, 0.2) is 0 Å². The van der Waals surface area contributed by atoms with E-state index in [9.17, 15) is 4.21 Å². The molecule has 0 aromatic carbocycles. The molecule has 12 heavy (non-hydrogen) atoms. The van der Waals surface area contributed by atoms with Crippen LogP contribution in [0.1, 0.15) is 12.8 Å². The van der Waals surface area contributed by atoms with Crippen molar-refractivity contribution in [3.05, 3.63) is 0 Å². The van der Waals surface area contributed by atoms with E-state index in [0.29, 0.717) is 6.42 Å². The third kappa shape index (κ3) is 3.33. The molecular formula is C8H14N2OS. The van der Waals surface area contributed by atoms with Gasteiger partial charge in [0.2, 0.25) is 0 Å². The summed E-state index contributed by atoms with van der Waals surface area (Å²) in [6.45, 7) is 2.88. The van der Waals surface area contributed by atoms with E-state index in [1.165, 1.54) is 0 Å². The summed E-state index contributed by atoms with van der Waals surface area (Å²) in [6.07, 6.45) is 1.59. The highest BCUT2D eigenvalue weighted by molar-refractivity contribution is 7.85. The second-order valence-electron chi connectivity index (χ2n) is 2.95. The van der Waals surface area contributed by atoms with E-state index in [-0.39, 0.29) is 0 Å². The zero-order chi connectivity index (χ0) is 8.81. The van der Waals surface area contributed by atoms with Gasteiger partial charge in [-0.1, -0.05) is 0 Å². The summed E-state index contributed by atoms with van der Waals surface area (Å²) < 4.78 is 11.0. The second-order valence-corrected chi connectivity index (χ2v) is 4.65. The van der Waals surface area contributed by atoms with Crippen molar-refractivity contribution < 1.29 is 4.21 Å². The topological polar surface area (TPSA) is 44.1 Å². The molecule has 1 rings (SSSR count). The highest BCUT2D eigenvalue weighted by Gasteiger charge is 2.13. The molecule has 1 aliphatic rings. The van der Waals surface area contributed by atoms with Gasteiger partial charge in [0, 0.05) is 41.8 Å². The van der Waals surface area contributed by atoms with E-state index in [1.807, 2.05) is 0 Å². The smallest absolute Gasteiger partial charge is 0.0622 e. The van der Waals surface area contributed by atoms with Gasteiger partial charge in [-0.05, 0) is 13.0 Å². The molecular weight excluding hydrogens is 172 g/mol. The Kier molecular flexibility index (Phi) is 4.26. The minimum absolute atomic E-state index is 0.575. The molecule has 0 radical (unpaired) electrons. The van der Waals surface area contributed by atoms with Crippen molar-refractivity contribution in [2.24, 2.45) is 0 Å². The van der Waals surface area contributed by atoms with E-state index in [2.05, 4.69) is 11.0 Å². The fourth-order valence-corrected chi connectivity index (χ4v) is 2.41. The van der Waals surface area contributed by atoms with Crippen LogP contribution in [0.3, 0.4) is 0 Å². The highest BCUT2D eigenvalue weighted by Crippen LogP contribution is 2.01. The Labute approximate surface area is 75.8 Å². The van der Waals surface area contributed by atoms with E-state index >= 15 is 0 Å². The molecule has 0 aromatic rings. The SMILES string of the molecule is N#CCCCN1CCS(=O)CC1. The van der Waals surface area contributed by atoms with E-state index in [1.54, 1.807) is 0 Å². The molecule has 1 aliphatic heterocycles. The first-order valence-electron chi connectivity index (χ1n) is 4.27. The summed E-state index contributed by atoms with van der Waals surface area (Å²) in [7, 11) is -0.575. The summed E-state index contributed by atoms with van der Waals surface area (Å²) in [5.74, 6) is 1.62. The summed E-state index contributed by atoms with van der Waals surface area (Å²) in [4.78, 5) is 2.29. The molecule has 68 valence electrons. The summed E-state index contributed by atoms with van der Waals surface area (Å²) >= 11 is 0. The van der Waals surface area contributed by atoms with Gasteiger partial charge in [-0.15, -0.1) is 0 Å². The van der Waals surface area contributed by atoms with Crippen LogP contribution >= 0.6 is 0 Å². The molecule has 0 spiro atoms. The van der Waals surface area contributed by atoms with Crippen molar-refractivity contribution in [3.8, 4) is 6.07 Å². The molecule has 1 heterocycles. The molecule has 0 N–H and O–H groups in total. The Hall–Kier alpha value is -0.400. The largest absolute Gasteiger partial charge is 0.301 e. The van der Waals surface area contributed by atoms with Crippen LogP contribution < -0.4 is 0 Å². The summed E-state index contributed by atoms with van der Waals surface area (Å²) in [6, 6.07) is 2.13. The number of nitriles is 1. The van der Waals surface area contributed by atoms with Crippen molar-refractivity contribution in [2.75, 3.05) is 31.1 Å². The number of nitrogens with zero attached hydrogens (tertiary/aromatic N) is 2. The Bertz CT molecular complexity index is 190. The molecule has 1 fully saturated rings. The van der Waals surface area contributed by atoms with Gasteiger partial charge >= 0.3 is 0 Å². The minimum Gasteiger partial charge on any atom is -0.301 e. The van der Waals surface area contributed by atoms with Crippen LogP contribution in [0, 0.1) is 11.3 Å². The fourth-order valence-electron chi connectivity index (χ4n) is 1.28. The lowest BCUT2D eigenvalue weighted by Gasteiger charge is -2.25. The number of rotatable bonds is 3. The summed E-state index contributed by atoms with van der Waals surface area (Å²) in [5.41, 5.74) is 0. The van der Waals surface area contributed by atoms with Crippen LogP contribution in [-0.4, -0.2) is 40.2 Å². The first-order valence-corrected chi connectivity index (χ1v) is 5.76. The van der Waals surface area contributed by atoms with Gasteiger partial charge in [-0.3, -0.25) is 4.21 Å². The number of unbranched alkanes of at least 4 members (excludes halogenated alkanes) is 1. The Morgan fingerprint density at radius 3 is 2.67 bits per heavy atom. The number of hydrogen-bond acceptors (Lipinski definition) is 3. The van der Waals surface area contributed by atoms with Gasteiger partial charge < -0.3 is 4.90 Å². The Morgan fingerprint density at radius 2 is 2.08 bits per heavy atom. The minimum atomic E-state index is -0.575. The van der Waals surface area contributed by atoms with E-state index < -0.39 is 10.8 Å².